The summed E-state index contributed by atoms with van der Waals surface area (Å²) >= 11 is 0. The quantitative estimate of drug-likeness (QED) is 0.0262. The first-order valence-corrected chi connectivity index (χ1v) is 29.7. The van der Waals surface area contributed by atoms with Crippen molar-refractivity contribution in [3.8, 4) is 0 Å². The second-order valence-corrected chi connectivity index (χ2v) is 20.3. The van der Waals surface area contributed by atoms with Crippen LogP contribution in [0.4, 0.5) is 0 Å². The summed E-state index contributed by atoms with van der Waals surface area (Å²) in [6, 6.07) is 0. The number of esters is 3. The molecule has 0 spiro atoms. The molecule has 0 bridgehead atoms. The van der Waals surface area contributed by atoms with E-state index >= 15 is 0 Å². The molecule has 66 heavy (non-hydrogen) atoms. The highest BCUT2D eigenvalue weighted by Gasteiger charge is 2.19. The Morgan fingerprint density at radius 3 is 0.758 bits per heavy atom. The van der Waals surface area contributed by atoms with Gasteiger partial charge in [-0.25, -0.2) is 0 Å². The van der Waals surface area contributed by atoms with E-state index in [1.165, 1.54) is 238 Å². The Balaban J connectivity index is 4.24. The number of carbonyl (C=O) groups excluding carboxylic acids is 3. The van der Waals surface area contributed by atoms with Gasteiger partial charge in [-0.1, -0.05) is 283 Å². The molecule has 0 aliphatic heterocycles. The van der Waals surface area contributed by atoms with E-state index in [0.29, 0.717) is 19.3 Å². The van der Waals surface area contributed by atoms with Crippen molar-refractivity contribution >= 4 is 17.9 Å². The van der Waals surface area contributed by atoms with E-state index in [9.17, 15) is 14.4 Å². The van der Waals surface area contributed by atoms with Crippen LogP contribution in [0.25, 0.3) is 0 Å². The van der Waals surface area contributed by atoms with Crippen LogP contribution in [0.15, 0.2) is 12.2 Å². The molecule has 0 aliphatic carbocycles. The van der Waals surface area contributed by atoms with E-state index in [2.05, 4.69) is 32.9 Å². The summed E-state index contributed by atoms with van der Waals surface area (Å²) in [4.78, 5) is 38.1. The minimum Gasteiger partial charge on any atom is -0.462 e. The predicted molar refractivity (Wildman–Crippen MR) is 284 cm³/mol. The van der Waals surface area contributed by atoms with E-state index in [0.717, 1.165) is 57.8 Å². The lowest BCUT2D eigenvalue weighted by atomic mass is 10.0. The third-order valence-corrected chi connectivity index (χ3v) is 13.5. The zero-order valence-corrected chi connectivity index (χ0v) is 44.7. The lowest BCUT2D eigenvalue weighted by molar-refractivity contribution is -0.167. The Kier molecular flexibility index (Phi) is 54.2. The van der Waals surface area contributed by atoms with Crippen LogP contribution in [0.1, 0.15) is 335 Å². The minimum absolute atomic E-state index is 0.0646. The maximum atomic E-state index is 12.8. The SMILES string of the molecule is CCCCCCCCCC/C=C\CCCCCCCCCCCC(=O)OCC(COC(=O)CCCCCCCCCCCCC)OC(=O)CCCCCCCCCCCCCCCCCC. The Morgan fingerprint density at radius 2 is 0.500 bits per heavy atom. The summed E-state index contributed by atoms with van der Waals surface area (Å²) in [7, 11) is 0. The van der Waals surface area contributed by atoms with Gasteiger partial charge in [-0.15, -0.1) is 0 Å². The normalized spacial score (nSPS) is 12.0. The van der Waals surface area contributed by atoms with Crippen LogP contribution in [0.5, 0.6) is 0 Å². The first-order valence-electron chi connectivity index (χ1n) is 29.7. The molecule has 6 heteroatoms. The first-order chi connectivity index (χ1) is 32.5. The fourth-order valence-electron chi connectivity index (χ4n) is 9.03. The van der Waals surface area contributed by atoms with Crippen LogP contribution in [0, 0.1) is 0 Å². The van der Waals surface area contributed by atoms with Gasteiger partial charge in [0.05, 0.1) is 0 Å². The number of unbranched alkanes of at least 4 members (excludes halogenated alkanes) is 42. The highest BCUT2D eigenvalue weighted by Crippen LogP contribution is 2.17. The van der Waals surface area contributed by atoms with Gasteiger partial charge in [0.1, 0.15) is 13.2 Å². The van der Waals surface area contributed by atoms with Crippen molar-refractivity contribution in [3.63, 3.8) is 0 Å². The third kappa shape index (κ3) is 53.1. The van der Waals surface area contributed by atoms with Crippen LogP contribution < -0.4 is 0 Å². The molecule has 0 saturated carbocycles. The van der Waals surface area contributed by atoms with Crippen molar-refractivity contribution in [2.45, 2.75) is 341 Å². The maximum Gasteiger partial charge on any atom is 0.306 e. The molecule has 0 aromatic heterocycles. The number of carbonyl (C=O) groups is 3. The number of hydrogen-bond donors (Lipinski definition) is 0. The highest BCUT2D eigenvalue weighted by molar-refractivity contribution is 5.71. The molecule has 0 aliphatic rings. The number of allylic oxidation sites excluding steroid dienone is 2. The molecular weight excluding hydrogens is 817 g/mol. The summed E-state index contributed by atoms with van der Waals surface area (Å²) < 4.78 is 16.9. The van der Waals surface area contributed by atoms with Crippen molar-refractivity contribution < 1.29 is 28.6 Å². The molecule has 390 valence electrons. The third-order valence-electron chi connectivity index (χ3n) is 13.5. The topological polar surface area (TPSA) is 78.9 Å². The maximum absolute atomic E-state index is 12.8. The van der Waals surface area contributed by atoms with Gasteiger partial charge < -0.3 is 14.2 Å². The van der Waals surface area contributed by atoms with E-state index in [1.807, 2.05) is 0 Å². The average Bonchev–Trinajstić information content (AvgIpc) is 3.31. The number of rotatable bonds is 55. The van der Waals surface area contributed by atoms with Gasteiger partial charge in [0, 0.05) is 19.3 Å². The summed E-state index contributed by atoms with van der Waals surface area (Å²) in [5.41, 5.74) is 0. The molecule has 1 atom stereocenters. The zero-order chi connectivity index (χ0) is 47.9. The second kappa shape index (κ2) is 55.7. The van der Waals surface area contributed by atoms with Gasteiger partial charge in [0.25, 0.3) is 0 Å². The Labute approximate surface area is 411 Å². The molecule has 0 heterocycles. The van der Waals surface area contributed by atoms with Gasteiger partial charge in [0.2, 0.25) is 0 Å². The van der Waals surface area contributed by atoms with Crippen molar-refractivity contribution in [1.29, 1.82) is 0 Å². The summed E-state index contributed by atoms with van der Waals surface area (Å²) in [5, 5.41) is 0. The molecule has 0 rings (SSSR count). The number of hydrogen-bond acceptors (Lipinski definition) is 6. The van der Waals surface area contributed by atoms with Crippen molar-refractivity contribution in [2.75, 3.05) is 13.2 Å². The van der Waals surface area contributed by atoms with Crippen molar-refractivity contribution in [1.82, 2.24) is 0 Å². The lowest BCUT2D eigenvalue weighted by Gasteiger charge is -2.18. The van der Waals surface area contributed by atoms with Crippen LogP contribution in [0.3, 0.4) is 0 Å². The molecule has 0 radical (unpaired) electrons. The van der Waals surface area contributed by atoms with Gasteiger partial charge in [-0.2, -0.15) is 0 Å². The lowest BCUT2D eigenvalue weighted by Crippen LogP contribution is -2.30. The molecule has 1 unspecified atom stereocenters. The fraction of sp³-hybridized carbons (Fsp3) is 0.917. The molecular formula is C60H114O6. The van der Waals surface area contributed by atoms with E-state index < -0.39 is 6.10 Å². The second-order valence-electron chi connectivity index (χ2n) is 20.3. The summed E-state index contributed by atoms with van der Waals surface area (Å²) in [6.07, 6.45) is 63.5. The highest BCUT2D eigenvalue weighted by atomic mass is 16.6. The molecule has 0 amide bonds. The molecule has 0 N–H and O–H groups in total. The Bertz CT molecular complexity index is 1020. The van der Waals surface area contributed by atoms with Gasteiger partial charge in [-0.05, 0) is 44.9 Å². The van der Waals surface area contributed by atoms with Crippen molar-refractivity contribution in [2.24, 2.45) is 0 Å². The van der Waals surface area contributed by atoms with E-state index in [-0.39, 0.29) is 31.1 Å². The summed E-state index contributed by atoms with van der Waals surface area (Å²) in [6.45, 7) is 6.69. The first kappa shape index (κ1) is 64.2. The van der Waals surface area contributed by atoms with Crippen LogP contribution in [-0.4, -0.2) is 37.2 Å². The zero-order valence-electron chi connectivity index (χ0n) is 44.7. The monoisotopic (exact) mass is 931 g/mol. The average molecular weight is 932 g/mol. The molecule has 0 fully saturated rings. The predicted octanol–water partition coefficient (Wildman–Crippen LogP) is 19.7. The smallest absolute Gasteiger partial charge is 0.306 e. The Hall–Kier alpha value is -1.85. The number of ether oxygens (including phenoxy) is 3. The molecule has 6 nitrogen and oxygen atoms in total. The van der Waals surface area contributed by atoms with Crippen LogP contribution in [-0.2, 0) is 28.6 Å². The van der Waals surface area contributed by atoms with Gasteiger partial charge in [0.15, 0.2) is 6.10 Å². The molecule has 0 aromatic carbocycles. The van der Waals surface area contributed by atoms with Gasteiger partial charge >= 0.3 is 17.9 Å². The van der Waals surface area contributed by atoms with Gasteiger partial charge in [-0.3, -0.25) is 14.4 Å². The molecule has 0 aromatic rings. The van der Waals surface area contributed by atoms with Crippen LogP contribution in [0.2, 0.25) is 0 Å². The largest absolute Gasteiger partial charge is 0.462 e. The fourth-order valence-corrected chi connectivity index (χ4v) is 9.03. The van der Waals surface area contributed by atoms with Crippen LogP contribution >= 0.6 is 0 Å². The Morgan fingerprint density at radius 1 is 0.288 bits per heavy atom. The van der Waals surface area contributed by atoms with E-state index in [4.69, 9.17) is 14.2 Å². The van der Waals surface area contributed by atoms with E-state index in [1.54, 1.807) is 0 Å². The standard InChI is InChI=1S/C60H114O6/c1-4-7-10-13-16-19-22-24-26-28-29-30-31-32-34-35-38-41-44-47-50-53-59(62)65-56-57(55-64-58(61)52-49-46-43-40-37-21-18-15-12-9-6-3)66-60(63)54-51-48-45-42-39-36-33-27-25-23-20-17-14-11-8-5-2/h28-29,57H,4-27,30-56H2,1-3H3/b29-28-. The van der Waals surface area contributed by atoms with Crippen molar-refractivity contribution in [3.05, 3.63) is 12.2 Å². The molecule has 0 saturated heterocycles. The minimum atomic E-state index is -0.764. The summed E-state index contributed by atoms with van der Waals surface area (Å²) in [5.74, 6) is -0.843.